The fourth-order valence-electron chi connectivity index (χ4n) is 1.16. The minimum atomic E-state index is 0.652. The molecular formula is C7H11N3S. The van der Waals surface area contributed by atoms with Gasteiger partial charge < -0.3 is 0 Å². The first kappa shape index (κ1) is 7.16. The summed E-state index contributed by atoms with van der Waals surface area (Å²) in [6.45, 7) is 2.01. The fourth-order valence-corrected chi connectivity index (χ4v) is 1.87. The topological polar surface area (TPSA) is 30.7 Å². The van der Waals surface area contributed by atoms with Gasteiger partial charge in [0.1, 0.15) is 5.03 Å². The number of rotatable bonds is 2. The molecule has 0 aromatic carbocycles. The summed E-state index contributed by atoms with van der Waals surface area (Å²) in [5.74, 6) is 0. The van der Waals surface area contributed by atoms with Crippen molar-refractivity contribution >= 4 is 11.8 Å². The zero-order valence-corrected chi connectivity index (χ0v) is 7.56. The lowest BCUT2D eigenvalue weighted by Crippen LogP contribution is -1.97. The van der Waals surface area contributed by atoms with Crippen LogP contribution in [-0.2, 0) is 0 Å². The predicted octanol–water partition coefficient (Wildman–Crippen LogP) is 1.64. The Morgan fingerprint density at radius 2 is 2.27 bits per heavy atom. The molecule has 3 nitrogen and oxygen atoms in total. The van der Waals surface area contributed by atoms with Crippen molar-refractivity contribution in [3.8, 4) is 0 Å². The molecule has 0 aliphatic heterocycles. The molecule has 1 aromatic heterocycles. The minimum absolute atomic E-state index is 0.652. The van der Waals surface area contributed by atoms with Gasteiger partial charge in [-0.15, -0.1) is 16.9 Å². The molecule has 0 unspecified atom stereocenters. The van der Waals surface area contributed by atoms with Crippen LogP contribution < -0.4 is 0 Å². The summed E-state index contributed by atoms with van der Waals surface area (Å²) in [6.07, 6.45) is 4.62. The first-order chi connectivity index (χ1) is 5.33. The van der Waals surface area contributed by atoms with Crippen LogP contribution in [0.3, 0.4) is 0 Å². The Morgan fingerprint density at radius 1 is 1.55 bits per heavy atom. The van der Waals surface area contributed by atoms with Crippen LogP contribution >= 0.6 is 11.8 Å². The maximum Gasteiger partial charge on any atom is 0.117 e. The van der Waals surface area contributed by atoms with E-state index < -0.39 is 0 Å². The van der Waals surface area contributed by atoms with E-state index in [2.05, 4.69) is 21.2 Å². The lowest BCUT2D eigenvalue weighted by atomic mass is 10.5. The van der Waals surface area contributed by atoms with Crippen molar-refractivity contribution < 1.29 is 0 Å². The van der Waals surface area contributed by atoms with Gasteiger partial charge in [-0.3, -0.25) is 0 Å². The summed E-state index contributed by atoms with van der Waals surface area (Å²) in [7, 11) is 0. The van der Waals surface area contributed by atoms with E-state index in [9.17, 15) is 0 Å². The number of hydrogen-bond donors (Lipinski definition) is 0. The van der Waals surface area contributed by atoms with E-state index in [4.69, 9.17) is 0 Å². The maximum absolute atomic E-state index is 4.09. The third kappa shape index (κ3) is 1.15. The second-order valence-electron chi connectivity index (χ2n) is 2.86. The first-order valence-electron chi connectivity index (χ1n) is 3.78. The van der Waals surface area contributed by atoms with Gasteiger partial charge in [0.2, 0.25) is 0 Å². The molecule has 0 amide bonds. The van der Waals surface area contributed by atoms with Gasteiger partial charge in [-0.1, -0.05) is 5.21 Å². The van der Waals surface area contributed by atoms with Crippen molar-refractivity contribution in [1.82, 2.24) is 15.0 Å². The second-order valence-corrected chi connectivity index (χ2v) is 3.65. The highest BCUT2D eigenvalue weighted by atomic mass is 32.2. The fraction of sp³-hybridized carbons (Fsp3) is 0.714. The normalized spacial score (nSPS) is 17.3. The van der Waals surface area contributed by atoms with Crippen LogP contribution in [0.15, 0.2) is 5.03 Å². The van der Waals surface area contributed by atoms with Crippen molar-refractivity contribution in [3.05, 3.63) is 5.69 Å². The summed E-state index contributed by atoms with van der Waals surface area (Å²) in [5.41, 5.74) is 1.06. The Hall–Kier alpha value is -0.510. The van der Waals surface area contributed by atoms with Crippen LogP contribution in [0.2, 0.25) is 0 Å². The van der Waals surface area contributed by atoms with Crippen LogP contribution in [0.25, 0.3) is 0 Å². The highest BCUT2D eigenvalue weighted by molar-refractivity contribution is 7.98. The Labute approximate surface area is 70.2 Å². The number of aromatic nitrogens is 3. The Balaban J connectivity index is 2.36. The summed E-state index contributed by atoms with van der Waals surface area (Å²) in [6, 6.07) is 0.652. The zero-order valence-electron chi connectivity index (χ0n) is 6.74. The molecule has 0 atom stereocenters. The monoisotopic (exact) mass is 169 g/mol. The van der Waals surface area contributed by atoms with Crippen LogP contribution in [0, 0.1) is 6.92 Å². The molecular weight excluding hydrogens is 158 g/mol. The molecule has 11 heavy (non-hydrogen) atoms. The lowest BCUT2D eigenvalue weighted by molar-refractivity contribution is 0.567. The molecule has 60 valence electrons. The molecule has 1 aliphatic rings. The van der Waals surface area contributed by atoms with Gasteiger partial charge in [0.25, 0.3) is 0 Å². The molecule has 0 radical (unpaired) electrons. The summed E-state index contributed by atoms with van der Waals surface area (Å²) in [5, 5.41) is 9.36. The molecule has 0 N–H and O–H groups in total. The van der Waals surface area contributed by atoms with Crippen LogP contribution in [-0.4, -0.2) is 21.2 Å². The van der Waals surface area contributed by atoms with Crippen molar-refractivity contribution in [3.63, 3.8) is 0 Å². The summed E-state index contributed by atoms with van der Waals surface area (Å²) < 4.78 is 2.06. The van der Waals surface area contributed by atoms with E-state index >= 15 is 0 Å². The third-order valence-electron chi connectivity index (χ3n) is 1.89. The molecule has 0 bridgehead atoms. The van der Waals surface area contributed by atoms with Crippen molar-refractivity contribution in [2.45, 2.75) is 30.8 Å². The zero-order chi connectivity index (χ0) is 7.84. The number of thioether (sulfide) groups is 1. The Bertz CT molecular complexity index is 265. The molecule has 1 heterocycles. The molecule has 1 fully saturated rings. The maximum atomic E-state index is 4.09. The number of hydrogen-bond acceptors (Lipinski definition) is 3. The SMILES string of the molecule is CSc1c(C)nnn1C1CC1. The molecule has 1 aromatic rings. The van der Waals surface area contributed by atoms with Gasteiger partial charge in [0.15, 0.2) is 0 Å². The number of nitrogens with zero attached hydrogens (tertiary/aromatic N) is 3. The predicted molar refractivity (Wildman–Crippen MR) is 44.8 cm³/mol. The van der Waals surface area contributed by atoms with Gasteiger partial charge >= 0.3 is 0 Å². The summed E-state index contributed by atoms with van der Waals surface area (Å²) >= 11 is 1.74. The van der Waals surface area contributed by atoms with Gasteiger partial charge in [-0.25, -0.2) is 4.68 Å². The van der Waals surface area contributed by atoms with Crippen molar-refractivity contribution in [2.75, 3.05) is 6.26 Å². The quantitative estimate of drug-likeness (QED) is 0.631. The van der Waals surface area contributed by atoms with E-state index in [0.717, 1.165) is 5.69 Å². The smallest absolute Gasteiger partial charge is 0.117 e. The van der Waals surface area contributed by atoms with Crippen molar-refractivity contribution in [1.29, 1.82) is 0 Å². The average Bonchev–Trinajstić information content (AvgIpc) is 2.76. The first-order valence-corrected chi connectivity index (χ1v) is 5.01. The third-order valence-corrected chi connectivity index (χ3v) is 2.76. The molecule has 0 saturated heterocycles. The van der Waals surface area contributed by atoms with Gasteiger partial charge in [-0.05, 0) is 26.0 Å². The lowest BCUT2D eigenvalue weighted by Gasteiger charge is -1.99. The Kier molecular flexibility index (Phi) is 1.64. The van der Waals surface area contributed by atoms with Crippen LogP contribution in [0.4, 0.5) is 0 Å². The summed E-state index contributed by atoms with van der Waals surface area (Å²) in [4.78, 5) is 0. The van der Waals surface area contributed by atoms with E-state index in [-0.39, 0.29) is 0 Å². The van der Waals surface area contributed by atoms with Crippen molar-refractivity contribution in [2.24, 2.45) is 0 Å². The van der Waals surface area contributed by atoms with Crippen LogP contribution in [0.1, 0.15) is 24.6 Å². The Morgan fingerprint density at radius 3 is 2.82 bits per heavy atom. The van der Waals surface area contributed by atoms with E-state index in [0.29, 0.717) is 6.04 Å². The van der Waals surface area contributed by atoms with E-state index in [1.807, 2.05) is 6.92 Å². The van der Waals surface area contributed by atoms with Crippen LogP contribution in [0.5, 0.6) is 0 Å². The largest absolute Gasteiger partial charge is 0.236 e. The van der Waals surface area contributed by atoms with Gasteiger partial charge in [0, 0.05) is 0 Å². The number of aryl methyl sites for hydroxylation is 1. The van der Waals surface area contributed by atoms with E-state index in [1.54, 1.807) is 11.8 Å². The van der Waals surface area contributed by atoms with Gasteiger partial charge in [0.05, 0.1) is 11.7 Å². The second kappa shape index (κ2) is 2.52. The molecule has 1 saturated carbocycles. The highest BCUT2D eigenvalue weighted by Crippen LogP contribution is 2.37. The average molecular weight is 169 g/mol. The molecule has 1 aliphatic carbocycles. The highest BCUT2D eigenvalue weighted by Gasteiger charge is 2.27. The molecule has 2 rings (SSSR count). The minimum Gasteiger partial charge on any atom is -0.236 e. The standard InChI is InChI=1S/C7H11N3S/c1-5-7(11-2)10(9-8-5)6-3-4-6/h6H,3-4H2,1-2H3. The van der Waals surface area contributed by atoms with Gasteiger partial charge in [-0.2, -0.15) is 0 Å². The molecule has 0 spiro atoms. The molecule has 4 heteroatoms. The van der Waals surface area contributed by atoms with E-state index in [1.165, 1.54) is 17.9 Å².